The van der Waals surface area contributed by atoms with Gasteiger partial charge in [0, 0.05) is 18.0 Å². The third-order valence-corrected chi connectivity index (χ3v) is 1.23. The lowest BCUT2D eigenvalue weighted by Crippen LogP contribution is -1.85. The molecule has 0 unspecified atom stereocenters. The monoisotopic (exact) mass is 133 g/mol. The highest BCUT2D eigenvalue weighted by Gasteiger charge is 1.93. The molecule has 0 saturated heterocycles. The molecule has 0 atom stereocenters. The van der Waals surface area contributed by atoms with Crippen LogP contribution in [0.1, 0.15) is 15.9 Å². The van der Waals surface area contributed by atoms with E-state index in [-0.39, 0.29) is 0 Å². The van der Waals surface area contributed by atoms with Crippen LogP contribution in [0.4, 0.5) is 0 Å². The van der Waals surface area contributed by atoms with E-state index in [1.54, 1.807) is 18.3 Å². The molecule has 50 valence electrons. The summed E-state index contributed by atoms with van der Waals surface area (Å²) in [6, 6.07) is 1.75. The highest BCUT2D eigenvalue weighted by molar-refractivity contribution is 5.80. The maximum atomic E-state index is 10.3. The van der Waals surface area contributed by atoms with Gasteiger partial charge >= 0.3 is 0 Å². The molecule has 2 heteroatoms. The first kappa shape index (κ1) is 6.68. The van der Waals surface area contributed by atoms with E-state index in [4.69, 9.17) is 0 Å². The maximum Gasteiger partial charge on any atom is 0.152 e. The van der Waals surface area contributed by atoms with E-state index in [1.165, 1.54) is 6.20 Å². The van der Waals surface area contributed by atoms with Gasteiger partial charge in [0.1, 0.15) is 0 Å². The van der Waals surface area contributed by atoms with Crippen molar-refractivity contribution in [2.24, 2.45) is 0 Å². The van der Waals surface area contributed by atoms with E-state index in [0.717, 1.165) is 11.8 Å². The number of carbonyl (C=O) groups is 1. The molecule has 0 aliphatic carbocycles. The van der Waals surface area contributed by atoms with Crippen molar-refractivity contribution < 1.29 is 4.79 Å². The number of rotatable bonds is 2. The van der Waals surface area contributed by atoms with Crippen LogP contribution in [0.25, 0.3) is 6.08 Å². The standard InChI is InChI=1S/C8H7NO/c1-2-7-3-4-9-5-8(7)6-10/h2-6H,1H2. The molecule has 1 aromatic rings. The fourth-order valence-corrected chi connectivity index (χ4v) is 0.702. The second-order valence-corrected chi connectivity index (χ2v) is 1.83. The molecule has 0 aliphatic rings. The van der Waals surface area contributed by atoms with Crippen molar-refractivity contribution >= 4 is 12.4 Å². The normalized spacial score (nSPS) is 8.80. The van der Waals surface area contributed by atoms with E-state index in [2.05, 4.69) is 11.6 Å². The van der Waals surface area contributed by atoms with Gasteiger partial charge in [-0.05, 0) is 11.6 Å². The Morgan fingerprint density at radius 3 is 2.80 bits per heavy atom. The molecule has 0 spiro atoms. The van der Waals surface area contributed by atoms with Gasteiger partial charge in [-0.1, -0.05) is 12.7 Å². The van der Waals surface area contributed by atoms with E-state index >= 15 is 0 Å². The fraction of sp³-hybridized carbons (Fsp3) is 0. The highest BCUT2D eigenvalue weighted by Crippen LogP contribution is 2.04. The SMILES string of the molecule is C=Cc1ccncc1C=O. The summed E-state index contributed by atoms with van der Waals surface area (Å²) in [4.78, 5) is 14.1. The van der Waals surface area contributed by atoms with Crippen LogP contribution in [0, 0.1) is 0 Å². The van der Waals surface area contributed by atoms with Crippen LogP contribution in [0.3, 0.4) is 0 Å². The van der Waals surface area contributed by atoms with Gasteiger partial charge in [-0.25, -0.2) is 0 Å². The molecule has 0 fully saturated rings. The molecule has 10 heavy (non-hydrogen) atoms. The molecular weight excluding hydrogens is 126 g/mol. The summed E-state index contributed by atoms with van der Waals surface area (Å²) < 4.78 is 0. The van der Waals surface area contributed by atoms with Gasteiger partial charge < -0.3 is 0 Å². The molecule has 2 nitrogen and oxygen atoms in total. The van der Waals surface area contributed by atoms with Gasteiger partial charge in [-0.2, -0.15) is 0 Å². The lowest BCUT2D eigenvalue weighted by molar-refractivity contribution is 0.112. The average Bonchev–Trinajstić information content (AvgIpc) is 2.04. The zero-order valence-electron chi connectivity index (χ0n) is 5.45. The Kier molecular flexibility index (Phi) is 1.95. The molecule has 0 aliphatic heterocycles. The predicted molar refractivity (Wildman–Crippen MR) is 39.7 cm³/mol. The van der Waals surface area contributed by atoms with Crippen LogP contribution in [0.15, 0.2) is 25.0 Å². The third-order valence-electron chi connectivity index (χ3n) is 1.23. The molecule has 1 heterocycles. The van der Waals surface area contributed by atoms with Crippen LogP contribution in [-0.4, -0.2) is 11.3 Å². The predicted octanol–water partition coefficient (Wildman–Crippen LogP) is 1.54. The lowest BCUT2D eigenvalue weighted by Gasteiger charge is -1.93. The Bertz CT molecular complexity index is 228. The zero-order chi connectivity index (χ0) is 7.40. The second kappa shape index (κ2) is 2.92. The first-order valence-corrected chi connectivity index (χ1v) is 2.90. The fourth-order valence-electron chi connectivity index (χ4n) is 0.702. The molecule has 0 amide bonds. The van der Waals surface area contributed by atoms with Crippen LogP contribution in [0.5, 0.6) is 0 Å². The number of hydrogen-bond acceptors (Lipinski definition) is 2. The number of carbonyl (C=O) groups excluding carboxylic acids is 1. The van der Waals surface area contributed by atoms with Crippen LogP contribution >= 0.6 is 0 Å². The summed E-state index contributed by atoms with van der Waals surface area (Å²) >= 11 is 0. The topological polar surface area (TPSA) is 30.0 Å². The van der Waals surface area contributed by atoms with Crippen molar-refractivity contribution in [3.8, 4) is 0 Å². The molecular formula is C8H7NO. The molecule has 1 rings (SSSR count). The largest absolute Gasteiger partial charge is 0.298 e. The minimum absolute atomic E-state index is 0.581. The first-order chi connectivity index (χ1) is 4.88. The summed E-state index contributed by atoms with van der Waals surface area (Å²) in [7, 11) is 0. The van der Waals surface area contributed by atoms with Crippen molar-refractivity contribution in [2.75, 3.05) is 0 Å². The Balaban J connectivity index is 3.20. The summed E-state index contributed by atoms with van der Waals surface area (Å²) in [6.45, 7) is 3.55. The Hall–Kier alpha value is -1.44. The van der Waals surface area contributed by atoms with Gasteiger partial charge in [-0.15, -0.1) is 0 Å². The molecule has 1 aromatic heterocycles. The quantitative estimate of drug-likeness (QED) is 0.573. The van der Waals surface area contributed by atoms with Gasteiger partial charge in [0.05, 0.1) is 0 Å². The highest BCUT2D eigenvalue weighted by atomic mass is 16.1. The maximum absolute atomic E-state index is 10.3. The molecule has 0 N–H and O–H groups in total. The average molecular weight is 133 g/mol. The van der Waals surface area contributed by atoms with E-state index < -0.39 is 0 Å². The first-order valence-electron chi connectivity index (χ1n) is 2.90. The van der Waals surface area contributed by atoms with E-state index in [9.17, 15) is 4.79 Å². The summed E-state index contributed by atoms with van der Waals surface area (Å²) in [5.74, 6) is 0. The van der Waals surface area contributed by atoms with Crippen molar-refractivity contribution in [2.45, 2.75) is 0 Å². The van der Waals surface area contributed by atoms with Crippen molar-refractivity contribution in [3.63, 3.8) is 0 Å². The van der Waals surface area contributed by atoms with Crippen molar-refractivity contribution in [1.29, 1.82) is 0 Å². The van der Waals surface area contributed by atoms with Gasteiger partial charge in [-0.3, -0.25) is 9.78 Å². The molecule has 0 saturated carbocycles. The number of aldehydes is 1. The molecule has 0 radical (unpaired) electrons. The van der Waals surface area contributed by atoms with Gasteiger partial charge in [0.15, 0.2) is 6.29 Å². The van der Waals surface area contributed by atoms with E-state index in [0.29, 0.717) is 5.56 Å². The molecule has 0 bridgehead atoms. The van der Waals surface area contributed by atoms with Gasteiger partial charge in [0.25, 0.3) is 0 Å². The lowest BCUT2D eigenvalue weighted by atomic mass is 10.1. The summed E-state index contributed by atoms with van der Waals surface area (Å²) in [6.07, 6.45) is 5.55. The van der Waals surface area contributed by atoms with Gasteiger partial charge in [0.2, 0.25) is 0 Å². The number of nitrogens with zero attached hydrogens (tertiary/aromatic N) is 1. The minimum Gasteiger partial charge on any atom is -0.298 e. The van der Waals surface area contributed by atoms with Crippen LogP contribution in [0.2, 0.25) is 0 Å². The number of aromatic nitrogens is 1. The second-order valence-electron chi connectivity index (χ2n) is 1.83. The minimum atomic E-state index is 0.581. The van der Waals surface area contributed by atoms with Crippen LogP contribution in [-0.2, 0) is 0 Å². The third kappa shape index (κ3) is 1.10. The smallest absolute Gasteiger partial charge is 0.152 e. The van der Waals surface area contributed by atoms with Crippen LogP contribution < -0.4 is 0 Å². The Morgan fingerprint density at radius 1 is 1.50 bits per heavy atom. The van der Waals surface area contributed by atoms with Crippen molar-refractivity contribution in [1.82, 2.24) is 4.98 Å². The summed E-state index contributed by atoms with van der Waals surface area (Å²) in [5, 5.41) is 0. The van der Waals surface area contributed by atoms with Crippen molar-refractivity contribution in [3.05, 3.63) is 36.2 Å². The number of pyridine rings is 1. The molecule has 0 aromatic carbocycles. The number of hydrogen-bond donors (Lipinski definition) is 0. The zero-order valence-corrected chi connectivity index (χ0v) is 5.45. The Labute approximate surface area is 59.2 Å². The van der Waals surface area contributed by atoms with E-state index in [1.807, 2.05) is 0 Å². The Morgan fingerprint density at radius 2 is 2.30 bits per heavy atom. The summed E-state index contributed by atoms with van der Waals surface area (Å²) in [5.41, 5.74) is 1.41.